The fraction of sp³-hybridized carbons (Fsp3) is 0.375. The predicted molar refractivity (Wildman–Crippen MR) is 93.4 cm³/mol. The van der Waals surface area contributed by atoms with E-state index < -0.39 is 12.4 Å². The van der Waals surface area contributed by atoms with Crippen molar-refractivity contribution in [3.05, 3.63) is 46.7 Å². The molecule has 0 saturated carbocycles. The Morgan fingerprint density at radius 3 is 2.65 bits per heavy atom. The number of anilines is 1. The van der Waals surface area contributed by atoms with Gasteiger partial charge in [0.15, 0.2) is 0 Å². The molecule has 2 heterocycles. The average molecular weight is 432 g/mol. The summed E-state index contributed by atoms with van der Waals surface area (Å²) in [5.41, 5.74) is 0.484. The van der Waals surface area contributed by atoms with Crippen LogP contribution < -0.4 is 5.32 Å². The highest BCUT2D eigenvalue weighted by Gasteiger charge is 2.23. The van der Waals surface area contributed by atoms with Gasteiger partial charge in [0.25, 0.3) is 0 Å². The molecule has 3 rings (SSSR count). The van der Waals surface area contributed by atoms with Gasteiger partial charge in [0.2, 0.25) is 0 Å². The Hall–Kier alpha value is -2.07. The van der Waals surface area contributed by atoms with Crippen LogP contribution in [0.2, 0.25) is 0 Å². The first kappa shape index (κ1) is 18.7. The highest BCUT2D eigenvalue weighted by atomic mass is 79.9. The zero-order valence-corrected chi connectivity index (χ0v) is 15.3. The van der Waals surface area contributed by atoms with E-state index in [1.165, 1.54) is 30.6 Å². The van der Waals surface area contributed by atoms with Gasteiger partial charge in [-0.05, 0) is 34.1 Å². The number of carbonyl (C=O) groups is 1. The Bertz CT molecular complexity index is 777. The quantitative estimate of drug-likeness (QED) is 0.805. The number of aromatic nitrogens is 2. The Labute approximate surface area is 156 Å². The SMILES string of the molecule is O=C(Nc1ccc(F)cc1Br)N1CCN(Cc2nccn2C(F)F)CC1. The van der Waals surface area contributed by atoms with Crippen LogP contribution in [0.4, 0.5) is 23.7 Å². The third-order valence-corrected chi connectivity index (χ3v) is 4.81. The first-order valence-corrected chi connectivity index (χ1v) is 8.76. The summed E-state index contributed by atoms with van der Waals surface area (Å²) in [6, 6.07) is 3.74. The number of urea groups is 1. The van der Waals surface area contributed by atoms with Gasteiger partial charge in [0.05, 0.1) is 12.2 Å². The molecule has 1 aliphatic heterocycles. The van der Waals surface area contributed by atoms with Crippen molar-refractivity contribution in [2.75, 3.05) is 31.5 Å². The lowest BCUT2D eigenvalue weighted by atomic mass is 10.3. The van der Waals surface area contributed by atoms with Gasteiger partial charge in [-0.2, -0.15) is 8.78 Å². The van der Waals surface area contributed by atoms with E-state index in [-0.39, 0.29) is 6.03 Å². The molecule has 1 fully saturated rings. The number of halogens is 4. The van der Waals surface area contributed by atoms with Crippen LogP contribution in [0.3, 0.4) is 0 Å². The number of carbonyl (C=O) groups excluding carboxylic acids is 1. The van der Waals surface area contributed by atoms with E-state index in [4.69, 9.17) is 0 Å². The smallest absolute Gasteiger partial charge is 0.321 e. The van der Waals surface area contributed by atoms with Crippen LogP contribution in [-0.2, 0) is 6.54 Å². The van der Waals surface area contributed by atoms with E-state index in [1.54, 1.807) is 4.90 Å². The van der Waals surface area contributed by atoms with Crippen molar-refractivity contribution >= 4 is 27.6 Å². The van der Waals surface area contributed by atoms with Crippen molar-refractivity contribution in [2.24, 2.45) is 0 Å². The van der Waals surface area contributed by atoms with Crippen LogP contribution in [0.5, 0.6) is 0 Å². The Balaban J connectivity index is 1.53. The summed E-state index contributed by atoms with van der Waals surface area (Å²) in [6.07, 6.45) is 2.61. The third-order valence-electron chi connectivity index (χ3n) is 4.16. The van der Waals surface area contributed by atoms with Gasteiger partial charge < -0.3 is 10.2 Å². The molecule has 0 spiro atoms. The van der Waals surface area contributed by atoms with E-state index in [1.807, 2.05) is 4.90 Å². The van der Waals surface area contributed by atoms with E-state index in [0.717, 1.165) is 4.57 Å². The number of hydrogen-bond acceptors (Lipinski definition) is 3. The summed E-state index contributed by atoms with van der Waals surface area (Å²) in [5, 5.41) is 2.73. The lowest BCUT2D eigenvalue weighted by Crippen LogP contribution is -2.49. The maximum atomic E-state index is 13.1. The molecule has 0 aliphatic carbocycles. The van der Waals surface area contributed by atoms with Gasteiger partial charge in [-0.25, -0.2) is 14.2 Å². The van der Waals surface area contributed by atoms with Gasteiger partial charge in [-0.15, -0.1) is 0 Å². The summed E-state index contributed by atoms with van der Waals surface area (Å²) in [7, 11) is 0. The predicted octanol–water partition coefficient (Wildman–Crippen LogP) is 3.53. The number of nitrogens with zero attached hydrogens (tertiary/aromatic N) is 4. The zero-order valence-electron chi connectivity index (χ0n) is 13.7. The van der Waals surface area contributed by atoms with Gasteiger partial charge in [0, 0.05) is 43.0 Å². The van der Waals surface area contributed by atoms with Crippen LogP contribution >= 0.6 is 15.9 Å². The second kappa shape index (κ2) is 8.09. The van der Waals surface area contributed by atoms with Crippen molar-refractivity contribution in [2.45, 2.75) is 13.1 Å². The standard InChI is InChI=1S/C16H17BrF3N5O/c17-12-9-11(18)1-2-13(12)22-16(26)24-7-5-23(6-8-24)10-14-21-3-4-25(14)15(19)20/h1-4,9,15H,5-8,10H2,(H,22,26). The van der Waals surface area contributed by atoms with Crippen LogP contribution in [-0.4, -0.2) is 51.6 Å². The van der Waals surface area contributed by atoms with Crippen molar-refractivity contribution in [1.29, 1.82) is 0 Å². The average Bonchev–Trinajstić information content (AvgIpc) is 3.06. The minimum atomic E-state index is -2.62. The van der Waals surface area contributed by atoms with Crippen LogP contribution in [0.25, 0.3) is 0 Å². The van der Waals surface area contributed by atoms with Gasteiger partial charge in [-0.1, -0.05) is 0 Å². The topological polar surface area (TPSA) is 53.4 Å². The molecule has 1 aromatic carbocycles. The third kappa shape index (κ3) is 4.36. The lowest BCUT2D eigenvalue weighted by Gasteiger charge is -2.34. The summed E-state index contributed by atoms with van der Waals surface area (Å²) < 4.78 is 40.1. The highest BCUT2D eigenvalue weighted by molar-refractivity contribution is 9.10. The Morgan fingerprint density at radius 2 is 2.00 bits per heavy atom. The second-order valence-corrected chi connectivity index (χ2v) is 6.70. The van der Waals surface area contributed by atoms with E-state index >= 15 is 0 Å². The largest absolute Gasteiger partial charge is 0.322 e. The molecule has 2 aromatic rings. The number of hydrogen-bond donors (Lipinski definition) is 1. The molecule has 0 atom stereocenters. The Kier molecular flexibility index (Phi) is 5.82. The van der Waals surface area contributed by atoms with E-state index in [9.17, 15) is 18.0 Å². The van der Waals surface area contributed by atoms with E-state index in [2.05, 4.69) is 26.2 Å². The molecule has 0 unspecified atom stereocenters. The van der Waals surface area contributed by atoms with Crippen molar-refractivity contribution < 1.29 is 18.0 Å². The summed E-state index contributed by atoms with van der Waals surface area (Å²) in [6.45, 7) is -0.299. The molecule has 6 nitrogen and oxygen atoms in total. The number of alkyl halides is 2. The van der Waals surface area contributed by atoms with Crippen molar-refractivity contribution in [3.63, 3.8) is 0 Å². The molecule has 0 radical (unpaired) electrons. The van der Waals surface area contributed by atoms with Gasteiger partial charge in [0.1, 0.15) is 11.6 Å². The van der Waals surface area contributed by atoms with Gasteiger partial charge in [-0.3, -0.25) is 9.47 Å². The lowest BCUT2D eigenvalue weighted by molar-refractivity contribution is 0.0620. The molecule has 1 aromatic heterocycles. The number of imidazole rings is 1. The molecule has 0 bridgehead atoms. The number of nitrogens with one attached hydrogen (secondary N) is 1. The molecule has 26 heavy (non-hydrogen) atoms. The number of benzene rings is 1. The van der Waals surface area contributed by atoms with Crippen LogP contribution in [0.1, 0.15) is 12.4 Å². The molecule has 1 aliphatic rings. The number of rotatable bonds is 4. The molecular weight excluding hydrogens is 415 g/mol. The second-order valence-electron chi connectivity index (χ2n) is 5.85. The molecule has 10 heteroatoms. The maximum absolute atomic E-state index is 13.1. The minimum Gasteiger partial charge on any atom is -0.322 e. The monoisotopic (exact) mass is 431 g/mol. The normalized spacial score (nSPS) is 15.5. The fourth-order valence-electron chi connectivity index (χ4n) is 2.74. The molecule has 1 saturated heterocycles. The fourth-order valence-corrected chi connectivity index (χ4v) is 3.19. The first-order chi connectivity index (χ1) is 12.4. The number of piperazine rings is 1. The molecule has 2 amide bonds. The molecular formula is C16H17BrF3N5O. The van der Waals surface area contributed by atoms with Crippen molar-refractivity contribution in [1.82, 2.24) is 19.4 Å². The molecule has 1 N–H and O–H groups in total. The number of amides is 2. The van der Waals surface area contributed by atoms with Gasteiger partial charge >= 0.3 is 12.6 Å². The van der Waals surface area contributed by atoms with Crippen molar-refractivity contribution in [3.8, 4) is 0 Å². The highest BCUT2D eigenvalue weighted by Crippen LogP contribution is 2.23. The minimum absolute atomic E-state index is 0.286. The molecule has 140 valence electrons. The van der Waals surface area contributed by atoms with E-state index in [0.29, 0.717) is 48.7 Å². The first-order valence-electron chi connectivity index (χ1n) is 7.97. The van der Waals surface area contributed by atoms with Crippen LogP contribution in [0, 0.1) is 5.82 Å². The van der Waals surface area contributed by atoms with Crippen LogP contribution in [0.15, 0.2) is 35.1 Å². The summed E-state index contributed by atoms with van der Waals surface area (Å²) in [4.78, 5) is 19.9. The maximum Gasteiger partial charge on any atom is 0.321 e. The summed E-state index contributed by atoms with van der Waals surface area (Å²) >= 11 is 3.21. The summed E-state index contributed by atoms with van der Waals surface area (Å²) in [5.74, 6) is -0.0983. The Morgan fingerprint density at radius 1 is 1.27 bits per heavy atom. The zero-order chi connectivity index (χ0) is 18.7.